The lowest BCUT2D eigenvalue weighted by atomic mass is 10.0. The van der Waals surface area contributed by atoms with Gasteiger partial charge in [-0.2, -0.15) is 0 Å². The Morgan fingerprint density at radius 1 is 1.15 bits per heavy atom. The maximum Gasteiger partial charge on any atom is 0.358 e. The molecule has 2 aliphatic heterocycles. The summed E-state index contributed by atoms with van der Waals surface area (Å²) in [7, 11) is -1.75. The van der Waals surface area contributed by atoms with E-state index in [-0.39, 0.29) is 24.5 Å². The van der Waals surface area contributed by atoms with E-state index in [0.29, 0.717) is 5.56 Å². The molecule has 176 valence electrons. The number of nitro benzene ring substituents is 1. The molecule has 0 radical (unpaired) electrons. The topological polar surface area (TPSA) is 156 Å². The fourth-order valence-corrected chi connectivity index (χ4v) is 5.19. The van der Waals surface area contributed by atoms with Gasteiger partial charge in [0, 0.05) is 12.1 Å². The molecule has 1 fully saturated rings. The molecule has 1 saturated heterocycles. The van der Waals surface area contributed by atoms with Crippen LogP contribution in [0.2, 0.25) is 0 Å². The highest BCUT2D eigenvalue weighted by Gasteiger charge is 2.57. The quantitative estimate of drug-likeness (QED) is 0.255. The molecular formula is C22H19N3O8S. The van der Waals surface area contributed by atoms with Gasteiger partial charge < -0.3 is 15.2 Å². The predicted octanol–water partition coefficient (Wildman–Crippen LogP) is 1.07. The number of carbonyl (C=O) groups is 3. The number of rotatable bonds is 7. The first-order chi connectivity index (χ1) is 16.3. The molecule has 0 bridgehead atoms. The highest BCUT2D eigenvalue weighted by Crippen LogP contribution is 2.34. The second kappa shape index (κ2) is 9.43. The van der Waals surface area contributed by atoms with E-state index < -0.39 is 56.4 Å². The zero-order valence-corrected chi connectivity index (χ0v) is 18.4. The number of fused-ring (bicyclic) bond motifs is 1. The van der Waals surface area contributed by atoms with Crippen molar-refractivity contribution in [2.75, 3.05) is 5.75 Å². The van der Waals surface area contributed by atoms with Gasteiger partial charge >= 0.3 is 5.97 Å². The average Bonchev–Trinajstić information content (AvgIpc) is 2.81. The molecule has 2 aromatic carbocycles. The minimum Gasteiger partial charge on any atom is -0.509 e. The summed E-state index contributed by atoms with van der Waals surface area (Å²) in [6.45, 7) is -0.263. The fraction of sp³-hybridized carbons (Fsp3) is 0.227. The van der Waals surface area contributed by atoms with Crippen LogP contribution in [-0.4, -0.2) is 54.1 Å². The summed E-state index contributed by atoms with van der Waals surface area (Å²) in [5.74, 6) is -3.07. The van der Waals surface area contributed by atoms with Gasteiger partial charge in [-0.25, -0.2) is 4.79 Å². The van der Waals surface area contributed by atoms with E-state index in [2.05, 4.69) is 5.32 Å². The molecular weight excluding hydrogens is 466 g/mol. The summed E-state index contributed by atoms with van der Waals surface area (Å²) in [5, 5.41) is 22.5. The minimum absolute atomic E-state index is 0.0230. The number of hydrogen-bond donors (Lipinski definition) is 2. The van der Waals surface area contributed by atoms with Crippen LogP contribution >= 0.6 is 0 Å². The Bertz CT molecular complexity index is 1210. The Balaban J connectivity index is 1.42. The molecule has 2 heterocycles. The van der Waals surface area contributed by atoms with Crippen molar-refractivity contribution in [1.29, 1.82) is 0 Å². The highest BCUT2D eigenvalue weighted by molar-refractivity contribution is 7.86. The van der Waals surface area contributed by atoms with Crippen LogP contribution in [0, 0.1) is 10.1 Å². The third kappa shape index (κ3) is 4.53. The van der Waals surface area contributed by atoms with E-state index in [9.17, 15) is 33.8 Å². The van der Waals surface area contributed by atoms with E-state index >= 15 is 0 Å². The van der Waals surface area contributed by atoms with Crippen LogP contribution in [0.4, 0.5) is 5.69 Å². The number of β-lactam (4-membered cyclic amide) rings is 1. The van der Waals surface area contributed by atoms with Crippen molar-refractivity contribution in [1.82, 2.24) is 10.2 Å². The summed E-state index contributed by atoms with van der Waals surface area (Å²) in [4.78, 5) is 48.8. The number of aliphatic hydroxyl groups excluding tert-OH is 1. The van der Waals surface area contributed by atoms with Gasteiger partial charge in [-0.15, -0.1) is 0 Å². The van der Waals surface area contributed by atoms with E-state index in [1.54, 1.807) is 30.3 Å². The molecule has 11 nitrogen and oxygen atoms in total. The van der Waals surface area contributed by atoms with Gasteiger partial charge in [0.05, 0.1) is 27.9 Å². The Labute approximate surface area is 195 Å². The minimum atomic E-state index is -1.75. The fourth-order valence-electron chi connectivity index (χ4n) is 3.68. The van der Waals surface area contributed by atoms with Crippen molar-refractivity contribution < 1.29 is 33.4 Å². The summed E-state index contributed by atoms with van der Waals surface area (Å²) in [5.41, 5.74) is 0.641. The number of ether oxygens (including phenoxy) is 1. The van der Waals surface area contributed by atoms with Crippen molar-refractivity contribution >= 4 is 34.3 Å². The standard InChI is InChI=1S/C22H19N3O8S/c26-16-12-34(32)21-18(23-17(27)10-13-4-2-1-3-5-13)20(28)24(21)19(16)22(29)33-11-14-6-8-15(9-7-14)25(30)31/h1-9,18,21,26H,10-12H2,(H,23,27)/t18?,21-,34?/m0/s1. The van der Waals surface area contributed by atoms with Crippen molar-refractivity contribution in [3.05, 3.63) is 87.3 Å². The van der Waals surface area contributed by atoms with E-state index in [1.807, 2.05) is 0 Å². The second-order valence-electron chi connectivity index (χ2n) is 7.63. The first-order valence-corrected chi connectivity index (χ1v) is 11.5. The largest absolute Gasteiger partial charge is 0.509 e. The molecule has 2 amide bonds. The first-order valence-electron chi connectivity index (χ1n) is 10.1. The lowest BCUT2D eigenvalue weighted by Crippen LogP contribution is -2.73. The number of nitrogens with one attached hydrogen (secondary N) is 1. The van der Waals surface area contributed by atoms with Crippen LogP contribution in [0.25, 0.3) is 0 Å². The van der Waals surface area contributed by atoms with E-state index in [1.165, 1.54) is 24.3 Å². The van der Waals surface area contributed by atoms with Gasteiger partial charge in [0.2, 0.25) is 5.91 Å². The van der Waals surface area contributed by atoms with Crippen LogP contribution in [0.15, 0.2) is 66.1 Å². The number of nitrogens with zero attached hydrogens (tertiary/aromatic N) is 2. The number of esters is 1. The number of nitro groups is 1. The van der Waals surface area contributed by atoms with Crippen LogP contribution in [0.5, 0.6) is 0 Å². The Morgan fingerprint density at radius 3 is 2.47 bits per heavy atom. The number of aliphatic hydroxyl groups is 1. The Kier molecular flexibility index (Phi) is 6.41. The Hall–Kier alpha value is -4.06. The molecule has 4 rings (SSSR count). The maximum atomic E-state index is 12.7. The molecule has 2 aromatic rings. The molecule has 3 atom stereocenters. The lowest BCUT2D eigenvalue weighted by molar-refractivity contribution is -0.384. The monoisotopic (exact) mass is 485 g/mol. The van der Waals surface area contributed by atoms with Gasteiger partial charge in [-0.3, -0.25) is 28.8 Å². The molecule has 0 spiro atoms. The van der Waals surface area contributed by atoms with Crippen molar-refractivity contribution in [3.8, 4) is 0 Å². The maximum absolute atomic E-state index is 12.7. The molecule has 2 N–H and O–H groups in total. The van der Waals surface area contributed by atoms with Crippen LogP contribution in [0.1, 0.15) is 11.1 Å². The van der Waals surface area contributed by atoms with Gasteiger partial charge in [0.15, 0.2) is 5.70 Å². The summed E-state index contributed by atoms with van der Waals surface area (Å²) in [6, 6.07) is 13.1. The first kappa shape index (κ1) is 23.1. The molecule has 2 unspecified atom stereocenters. The van der Waals surface area contributed by atoms with Gasteiger partial charge in [-0.05, 0) is 23.3 Å². The van der Waals surface area contributed by atoms with Gasteiger partial charge in [0.1, 0.15) is 23.8 Å². The van der Waals surface area contributed by atoms with Crippen molar-refractivity contribution in [3.63, 3.8) is 0 Å². The summed E-state index contributed by atoms with van der Waals surface area (Å²) in [6.07, 6.45) is 0.0230. The molecule has 2 aliphatic rings. The molecule has 12 heteroatoms. The lowest BCUT2D eigenvalue weighted by Gasteiger charge is -2.48. The molecule has 34 heavy (non-hydrogen) atoms. The van der Waals surface area contributed by atoms with Crippen molar-refractivity contribution in [2.24, 2.45) is 0 Å². The number of amides is 2. The van der Waals surface area contributed by atoms with E-state index in [4.69, 9.17) is 4.74 Å². The Morgan fingerprint density at radius 2 is 1.82 bits per heavy atom. The van der Waals surface area contributed by atoms with Crippen LogP contribution in [0.3, 0.4) is 0 Å². The zero-order chi connectivity index (χ0) is 24.4. The second-order valence-corrected chi connectivity index (χ2v) is 9.16. The van der Waals surface area contributed by atoms with Crippen molar-refractivity contribution in [2.45, 2.75) is 24.4 Å². The SMILES string of the molecule is O=C(Cc1ccccc1)NC1C(=O)N2C(C(=O)OCc3ccc([N+](=O)[O-])cc3)=C(O)CS(=O)[C@@H]12. The number of benzene rings is 2. The molecule has 0 aromatic heterocycles. The highest BCUT2D eigenvalue weighted by atomic mass is 32.2. The zero-order valence-electron chi connectivity index (χ0n) is 17.6. The summed E-state index contributed by atoms with van der Waals surface area (Å²) < 4.78 is 17.7. The number of non-ortho nitro benzene ring substituents is 1. The number of carbonyl (C=O) groups excluding carboxylic acids is 3. The third-order valence-electron chi connectivity index (χ3n) is 5.34. The van der Waals surface area contributed by atoms with E-state index in [0.717, 1.165) is 10.5 Å². The average molecular weight is 485 g/mol. The number of hydrogen-bond acceptors (Lipinski definition) is 8. The van der Waals surface area contributed by atoms with Crippen LogP contribution in [-0.2, 0) is 42.9 Å². The van der Waals surface area contributed by atoms with Crippen LogP contribution < -0.4 is 5.32 Å². The normalized spacial score (nSPS) is 21.4. The van der Waals surface area contributed by atoms with Gasteiger partial charge in [0.25, 0.3) is 11.6 Å². The predicted molar refractivity (Wildman–Crippen MR) is 118 cm³/mol. The third-order valence-corrected chi connectivity index (χ3v) is 6.92. The van der Waals surface area contributed by atoms with Gasteiger partial charge in [-0.1, -0.05) is 30.3 Å². The molecule has 0 aliphatic carbocycles. The summed E-state index contributed by atoms with van der Waals surface area (Å²) >= 11 is 0. The molecule has 0 saturated carbocycles. The smallest absolute Gasteiger partial charge is 0.358 e.